The third-order valence-corrected chi connectivity index (χ3v) is 2.89. The van der Waals surface area contributed by atoms with Crippen molar-refractivity contribution >= 4 is 0 Å². The summed E-state index contributed by atoms with van der Waals surface area (Å²) in [6, 6.07) is 3.82. The molecule has 0 spiro atoms. The summed E-state index contributed by atoms with van der Waals surface area (Å²) in [5.74, 6) is 0.472. The lowest BCUT2D eigenvalue weighted by Crippen LogP contribution is -2.08. The van der Waals surface area contributed by atoms with Crippen LogP contribution in [0.3, 0.4) is 0 Å². The molecule has 2 heteroatoms. The van der Waals surface area contributed by atoms with Crippen molar-refractivity contribution in [1.29, 1.82) is 0 Å². The molecule has 1 saturated carbocycles. The van der Waals surface area contributed by atoms with Gasteiger partial charge in [-0.15, -0.1) is 0 Å². The topological polar surface area (TPSA) is 33.1 Å². The molecule has 0 bridgehead atoms. The van der Waals surface area contributed by atoms with Crippen molar-refractivity contribution in [3.63, 3.8) is 0 Å². The number of hydrogen-bond acceptors (Lipinski definition) is 2. The largest absolute Gasteiger partial charge is 0.385 e. The van der Waals surface area contributed by atoms with Crippen molar-refractivity contribution in [1.82, 2.24) is 4.98 Å². The van der Waals surface area contributed by atoms with Crippen LogP contribution >= 0.6 is 0 Å². The highest BCUT2D eigenvalue weighted by Crippen LogP contribution is 2.53. The third kappa shape index (κ3) is 1.46. The minimum absolute atomic E-state index is 0.472. The molecule has 1 N–H and O–H groups in total. The van der Waals surface area contributed by atoms with Gasteiger partial charge in [0.1, 0.15) is 0 Å². The Bertz CT molecular complexity index is 285. The Morgan fingerprint density at radius 2 is 2.23 bits per heavy atom. The van der Waals surface area contributed by atoms with Crippen LogP contribution in [0.2, 0.25) is 0 Å². The molecule has 1 aromatic rings. The molecule has 1 fully saturated rings. The van der Waals surface area contributed by atoms with Crippen molar-refractivity contribution in [3.8, 4) is 0 Å². The van der Waals surface area contributed by atoms with Gasteiger partial charge in [0.15, 0.2) is 0 Å². The Kier molecular flexibility index (Phi) is 2.08. The van der Waals surface area contributed by atoms with E-state index in [-0.39, 0.29) is 0 Å². The van der Waals surface area contributed by atoms with Crippen molar-refractivity contribution in [2.45, 2.75) is 31.8 Å². The number of rotatable bonds is 3. The number of pyridine rings is 1. The Morgan fingerprint density at radius 1 is 1.54 bits per heavy atom. The lowest BCUT2D eigenvalue weighted by Gasteiger charge is -2.09. The molecule has 2 atom stereocenters. The Labute approximate surface area is 78.6 Å². The zero-order chi connectivity index (χ0) is 9.31. The van der Waals surface area contributed by atoms with Gasteiger partial charge in [0, 0.05) is 12.4 Å². The maximum Gasteiger partial charge on any atom is 0.0930 e. The average molecular weight is 177 g/mol. The summed E-state index contributed by atoms with van der Waals surface area (Å²) in [5, 5.41) is 10.2. The first-order valence-corrected chi connectivity index (χ1v) is 4.90. The number of nitrogens with zero attached hydrogens (tertiary/aromatic N) is 1. The summed E-state index contributed by atoms with van der Waals surface area (Å²) >= 11 is 0. The molecule has 2 nitrogen and oxygen atoms in total. The van der Waals surface area contributed by atoms with Crippen LogP contribution in [0.15, 0.2) is 24.5 Å². The fourth-order valence-electron chi connectivity index (χ4n) is 2.00. The van der Waals surface area contributed by atoms with Gasteiger partial charge >= 0.3 is 0 Å². The quantitative estimate of drug-likeness (QED) is 0.766. The van der Waals surface area contributed by atoms with Gasteiger partial charge in [-0.1, -0.05) is 13.3 Å². The molecule has 2 unspecified atom stereocenters. The average Bonchev–Trinajstić information content (AvgIpc) is 2.81. The highest BCUT2D eigenvalue weighted by atomic mass is 16.3. The summed E-state index contributed by atoms with van der Waals surface area (Å²) in [7, 11) is 0. The lowest BCUT2D eigenvalue weighted by molar-refractivity contribution is 0.129. The van der Waals surface area contributed by atoms with E-state index in [4.69, 9.17) is 0 Å². The molecular weight excluding hydrogens is 162 g/mol. The Hall–Kier alpha value is -0.890. The molecule has 0 amide bonds. The van der Waals surface area contributed by atoms with Crippen molar-refractivity contribution in [3.05, 3.63) is 30.1 Å². The zero-order valence-corrected chi connectivity index (χ0v) is 7.90. The van der Waals surface area contributed by atoms with Crippen molar-refractivity contribution < 1.29 is 5.11 Å². The predicted molar refractivity (Wildman–Crippen MR) is 51.1 cm³/mol. The maximum atomic E-state index is 10.2. The summed E-state index contributed by atoms with van der Waals surface area (Å²) in [6.45, 7) is 2.16. The van der Waals surface area contributed by atoms with Crippen LogP contribution < -0.4 is 0 Å². The second kappa shape index (κ2) is 3.11. The monoisotopic (exact) mass is 177 g/mol. The van der Waals surface area contributed by atoms with E-state index in [0.29, 0.717) is 5.92 Å². The fraction of sp³-hybridized carbons (Fsp3) is 0.545. The van der Waals surface area contributed by atoms with Gasteiger partial charge in [0.2, 0.25) is 0 Å². The zero-order valence-electron chi connectivity index (χ0n) is 7.90. The van der Waals surface area contributed by atoms with E-state index in [0.717, 1.165) is 24.8 Å². The molecule has 1 aromatic heterocycles. The van der Waals surface area contributed by atoms with E-state index in [1.54, 1.807) is 12.4 Å². The van der Waals surface area contributed by atoms with Gasteiger partial charge in [-0.05, 0) is 36.5 Å². The first kappa shape index (κ1) is 8.70. The van der Waals surface area contributed by atoms with Gasteiger partial charge < -0.3 is 5.11 Å². The third-order valence-electron chi connectivity index (χ3n) is 2.89. The van der Waals surface area contributed by atoms with Gasteiger partial charge in [0.05, 0.1) is 5.60 Å². The van der Waals surface area contributed by atoms with Crippen LogP contribution in [0.4, 0.5) is 0 Å². The van der Waals surface area contributed by atoms with Crippen LogP contribution in [-0.4, -0.2) is 10.1 Å². The van der Waals surface area contributed by atoms with Gasteiger partial charge in [-0.2, -0.15) is 0 Å². The van der Waals surface area contributed by atoms with Crippen molar-refractivity contribution in [2.75, 3.05) is 0 Å². The molecule has 1 aliphatic rings. The molecule has 70 valence electrons. The minimum Gasteiger partial charge on any atom is -0.385 e. The van der Waals surface area contributed by atoms with E-state index in [9.17, 15) is 5.11 Å². The van der Waals surface area contributed by atoms with E-state index < -0.39 is 5.60 Å². The first-order chi connectivity index (χ1) is 6.27. The van der Waals surface area contributed by atoms with Gasteiger partial charge in [-0.3, -0.25) is 4.98 Å². The molecule has 0 radical (unpaired) electrons. The van der Waals surface area contributed by atoms with Crippen LogP contribution in [0.25, 0.3) is 0 Å². The number of aliphatic hydroxyl groups is 1. The molecule has 0 aromatic carbocycles. The lowest BCUT2D eigenvalue weighted by atomic mass is 10.1. The van der Waals surface area contributed by atoms with Crippen LogP contribution in [0, 0.1) is 5.92 Å². The second-order valence-electron chi connectivity index (χ2n) is 3.85. The number of hydrogen-bond donors (Lipinski definition) is 1. The normalized spacial score (nSPS) is 31.7. The van der Waals surface area contributed by atoms with Crippen LogP contribution in [-0.2, 0) is 5.60 Å². The smallest absolute Gasteiger partial charge is 0.0930 e. The Morgan fingerprint density at radius 3 is 2.85 bits per heavy atom. The van der Waals surface area contributed by atoms with E-state index >= 15 is 0 Å². The molecular formula is C11H15NO. The molecule has 0 aliphatic heterocycles. The minimum atomic E-state index is -0.529. The highest BCUT2D eigenvalue weighted by Gasteiger charge is 2.53. The van der Waals surface area contributed by atoms with E-state index in [1.807, 2.05) is 12.1 Å². The van der Waals surface area contributed by atoms with Gasteiger partial charge in [-0.25, -0.2) is 0 Å². The summed E-state index contributed by atoms with van der Waals surface area (Å²) in [5.41, 5.74) is 0.500. The number of aromatic nitrogens is 1. The van der Waals surface area contributed by atoms with Gasteiger partial charge in [0.25, 0.3) is 0 Å². The molecule has 0 saturated heterocycles. The summed E-state index contributed by atoms with van der Waals surface area (Å²) in [6.07, 6.45) is 6.69. The first-order valence-electron chi connectivity index (χ1n) is 4.90. The summed E-state index contributed by atoms with van der Waals surface area (Å²) < 4.78 is 0. The fourth-order valence-corrected chi connectivity index (χ4v) is 2.00. The van der Waals surface area contributed by atoms with Crippen LogP contribution in [0.1, 0.15) is 31.7 Å². The molecule has 2 rings (SSSR count). The second-order valence-corrected chi connectivity index (χ2v) is 3.85. The van der Waals surface area contributed by atoms with E-state index in [2.05, 4.69) is 11.9 Å². The van der Waals surface area contributed by atoms with Crippen molar-refractivity contribution in [2.24, 2.45) is 5.92 Å². The van der Waals surface area contributed by atoms with Crippen LogP contribution in [0.5, 0.6) is 0 Å². The van der Waals surface area contributed by atoms with E-state index in [1.165, 1.54) is 0 Å². The molecule has 1 heterocycles. The standard InChI is InChI=1S/C11H15NO/c1-2-3-10-8-11(10,13)9-4-6-12-7-5-9/h4-7,10,13H,2-3,8H2,1H3. The maximum absolute atomic E-state index is 10.2. The highest BCUT2D eigenvalue weighted by molar-refractivity contribution is 5.27. The molecule has 1 aliphatic carbocycles. The SMILES string of the molecule is CCCC1CC1(O)c1ccncc1. The summed E-state index contributed by atoms with van der Waals surface area (Å²) in [4.78, 5) is 3.95. The Balaban J connectivity index is 2.11. The predicted octanol–water partition coefficient (Wildman–Crippen LogP) is 2.09. The molecule has 13 heavy (non-hydrogen) atoms.